The number of nitrogens with zero attached hydrogens (tertiary/aromatic N) is 4. The number of aromatic nitrogens is 3. The number of anilines is 2. The van der Waals surface area contributed by atoms with E-state index < -0.39 is 5.41 Å². The number of carbonyl (C=O) groups is 1. The highest BCUT2D eigenvalue weighted by Gasteiger charge is 2.48. The number of hydrogen-bond donors (Lipinski definition) is 1. The standard InChI is InChI=1S/C22H23N5O3/c28-20-12-17(24-19-6-2-5-11-27(19)20)25-21(29)22(14-30-15-22)16-7-8-18(23-13-16)26-9-3-1-4-10-26/h2,5-8,11-13H,1,3-4,9-10,14-15H2,(H,25,29). The zero-order valence-electron chi connectivity index (χ0n) is 16.6. The quantitative estimate of drug-likeness (QED) is 0.714. The number of nitrogens with one attached hydrogen (secondary N) is 1. The van der Waals surface area contributed by atoms with Crippen molar-refractivity contribution in [2.75, 3.05) is 36.5 Å². The van der Waals surface area contributed by atoms with Crippen molar-refractivity contribution in [1.29, 1.82) is 0 Å². The van der Waals surface area contributed by atoms with Crippen molar-refractivity contribution in [1.82, 2.24) is 14.4 Å². The molecule has 2 saturated heterocycles. The number of piperidine rings is 1. The first-order valence-corrected chi connectivity index (χ1v) is 10.2. The van der Waals surface area contributed by atoms with Gasteiger partial charge in [0.25, 0.3) is 5.56 Å². The van der Waals surface area contributed by atoms with E-state index in [9.17, 15) is 9.59 Å². The molecule has 3 aromatic heterocycles. The van der Waals surface area contributed by atoms with E-state index in [1.807, 2.05) is 12.1 Å². The molecule has 0 aliphatic carbocycles. The van der Waals surface area contributed by atoms with Gasteiger partial charge in [0, 0.05) is 31.5 Å². The summed E-state index contributed by atoms with van der Waals surface area (Å²) in [6, 6.07) is 10.6. The van der Waals surface area contributed by atoms with Gasteiger partial charge in [-0.05, 0) is 43.0 Å². The van der Waals surface area contributed by atoms with Crippen LogP contribution in [0.3, 0.4) is 0 Å². The fourth-order valence-electron chi connectivity index (χ4n) is 4.07. The first-order valence-electron chi connectivity index (χ1n) is 10.2. The van der Waals surface area contributed by atoms with E-state index in [4.69, 9.17) is 4.74 Å². The Balaban J connectivity index is 1.39. The number of carbonyl (C=O) groups excluding carboxylic acids is 1. The van der Waals surface area contributed by atoms with Crippen LogP contribution < -0.4 is 15.8 Å². The van der Waals surface area contributed by atoms with E-state index in [-0.39, 0.29) is 30.5 Å². The summed E-state index contributed by atoms with van der Waals surface area (Å²) in [5.74, 6) is 0.937. The summed E-state index contributed by atoms with van der Waals surface area (Å²) in [4.78, 5) is 36.8. The lowest BCUT2D eigenvalue weighted by molar-refractivity contribution is -0.139. The topological polar surface area (TPSA) is 88.8 Å². The summed E-state index contributed by atoms with van der Waals surface area (Å²) in [6.45, 7) is 2.58. The van der Waals surface area contributed by atoms with Crippen LogP contribution in [-0.4, -0.2) is 46.6 Å². The van der Waals surface area contributed by atoms with Gasteiger partial charge in [0.05, 0.1) is 13.2 Å². The maximum absolute atomic E-state index is 13.2. The van der Waals surface area contributed by atoms with E-state index in [0.717, 1.165) is 24.5 Å². The van der Waals surface area contributed by atoms with Crippen molar-refractivity contribution in [2.24, 2.45) is 0 Å². The smallest absolute Gasteiger partial charge is 0.259 e. The van der Waals surface area contributed by atoms with Crippen LogP contribution in [0.25, 0.3) is 5.65 Å². The van der Waals surface area contributed by atoms with Crippen LogP contribution in [0.4, 0.5) is 11.6 Å². The molecule has 2 aliphatic rings. The molecule has 0 unspecified atom stereocenters. The summed E-state index contributed by atoms with van der Waals surface area (Å²) >= 11 is 0. The Morgan fingerprint density at radius 3 is 2.63 bits per heavy atom. The number of amides is 1. The first-order chi connectivity index (χ1) is 14.7. The van der Waals surface area contributed by atoms with Crippen molar-refractivity contribution in [2.45, 2.75) is 24.7 Å². The SMILES string of the molecule is O=C(Nc1cc(=O)n2ccccc2n1)C1(c2ccc(N3CCCCC3)nc2)COC1. The summed E-state index contributed by atoms with van der Waals surface area (Å²) in [5, 5.41) is 2.81. The Labute approximate surface area is 173 Å². The maximum atomic E-state index is 13.2. The minimum Gasteiger partial charge on any atom is -0.378 e. The second kappa shape index (κ2) is 7.53. The first kappa shape index (κ1) is 18.7. The van der Waals surface area contributed by atoms with Crippen molar-refractivity contribution >= 4 is 23.2 Å². The van der Waals surface area contributed by atoms with Crippen molar-refractivity contribution in [3.63, 3.8) is 0 Å². The van der Waals surface area contributed by atoms with Gasteiger partial charge in [0.15, 0.2) is 0 Å². The Morgan fingerprint density at radius 2 is 1.93 bits per heavy atom. The molecule has 154 valence electrons. The zero-order chi connectivity index (χ0) is 20.6. The molecular weight excluding hydrogens is 382 g/mol. The molecule has 5 rings (SSSR count). The molecule has 8 heteroatoms. The predicted molar refractivity (Wildman–Crippen MR) is 113 cm³/mol. The van der Waals surface area contributed by atoms with Gasteiger partial charge in [0.2, 0.25) is 5.91 Å². The van der Waals surface area contributed by atoms with Crippen LogP contribution in [0.1, 0.15) is 24.8 Å². The maximum Gasteiger partial charge on any atom is 0.259 e. The molecule has 1 N–H and O–H groups in total. The van der Waals surface area contributed by atoms with Gasteiger partial charge < -0.3 is 15.0 Å². The lowest BCUT2D eigenvalue weighted by Gasteiger charge is -2.40. The number of hydrogen-bond acceptors (Lipinski definition) is 6. The molecule has 0 radical (unpaired) electrons. The van der Waals surface area contributed by atoms with Gasteiger partial charge in [-0.25, -0.2) is 9.97 Å². The van der Waals surface area contributed by atoms with Crippen LogP contribution in [0.5, 0.6) is 0 Å². The monoisotopic (exact) mass is 405 g/mol. The Kier molecular flexibility index (Phi) is 4.71. The molecule has 0 aromatic carbocycles. The zero-order valence-corrected chi connectivity index (χ0v) is 16.6. The molecule has 0 saturated carbocycles. The molecular formula is C22H23N5O3. The van der Waals surface area contributed by atoms with Crippen molar-refractivity contribution in [3.8, 4) is 0 Å². The summed E-state index contributed by atoms with van der Waals surface area (Å²) in [5.41, 5.74) is 0.218. The van der Waals surface area contributed by atoms with Crippen LogP contribution in [0, 0.1) is 0 Å². The Bertz CT molecular complexity index is 1130. The fourth-order valence-corrected chi connectivity index (χ4v) is 4.07. The molecule has 30 heavy (non-hydrogen) atoms. The van der Waals surface area contributed by atoms with E-state index in [1.165, 1.54) is 29.7 Å². The van der Waals surface area contributed by atoms with Gasteiger partial charge in [-0.15, -0.1) is 0 Å². The second-order valence-electron chi connectivity index (χ2n) is 7.89. The molecule has 2 fully saturated rings. The molecule has 0 bridgehead atoms. The minimum absolute atomic E-state index is 0.236. The summed E-state index contributed by atoms with van der Waals surface area (Å²) in [7, 11) is 0. The van der Waals surface area contributed by atoms with E-state index >= 15 is 0 Å². The lowest BCUT2D eigenvalue weighted by atomic mass is 9.78. The van der Waals surface area contributed by atoms with Crippen LogP contribution in [-0.2, 0) is 14.9 Å². The highest BCUT2D eigenvalue weighted by Crippen LogP contribution is 2.34. The highest BCUT2D eigenvalue weighted by molar-refractivity contribution is 5.99. The summed E-state index contributed by atoms with van der Waals surface area (Å²) in [6.07, 6.45) is 7.05. The second-order valence-corrected chi connectivity index (χ2v) is 7.89. The number of fused-ring (bicyclic) bond motifs is 1. The molecule has 0 atom stereocenters. The normalized spacial score (nSPS) is 18.1. The third kappa shape index (κ3) is 3.23. The molecule has 8 nitrogen and oxygen atoms in total. The van der Waals surface area contributed by atoms with E-state index in [2.05, 4.69) is 20.2 Å². The molecule has 3 aromatic rings. The third-order valence-corrected chi connectivity index (χ3v) is 5.92. The van der Waals surface area contributed by atoms with Crippen molar-refractivity contribution < 1.29 is 9.53 Å². The van der Waals surface area contributed by atoms with Gasteiger partial charge in [-0.2, -0.15) is 0 Å². The fraction of sp³-hybridized carbons (Fsp3) is 0.364. The van der Waals surface area contributed by atoms with Gasteiger partial charge in [-0.1, -0.05) is 12.1 Å². The van der Waals surface area contributed by atoms with Gasteiger partial charge in [-0.3, -0.25) is 14.0 Å². The average molecular weight is 405 g/mol. The Morgan fingerprint density at radius 1 is 1.10 bits per heavy atom. The van der Waals surface area contributed by atoms with E-state index in [1.54, 1.807) is 30.6 Å². The van der Waals surface area contributed by atoms with Crippen molar-refractivity contribution in [3.05, 3.63) is 64.7 Å². The van der Waals surface area contributed by atoms with Crippen LogP contribution in [0.15, 0.2) is 53.6 Å². The number of rotatable bonds is 4. The van der Waals surface area contributed by atoms with Crippen LogP contribution in [0.2, 0.25) is 0 Å². The van der Waals surface area contributed by atoms with Gasteiger partial charge in [0.1, 0.15) is 22.7 Å². The third-order valence-electron chi connectivity index (χ3n) is 5.92. The van der Waals surface area contributed by atoms with Gasteiger partial charge >= 0.3 is 0 Å². The summed E-state index contributed by atoms with van der Waals surface area (Å²) < 4.78 is 6.84. The van der Waals surface area contributed by atoms with E-state index in [0.29, 0.717) is 5.65 Å². The molecule has 0 spiro atoms. The predicted octanol–water partition coefficient (Wildman–Crippen LogP) is 1.99. The number of ether oxygens (including phenoxy) is 1. The average Bonchev–Trinajstić information content (AvgIpc) is 2.74. The molecule has 5 heterocycles. The minimum atomic E-state index is -0.822. The molecule has 2 aliphatic heterocycles. The molecule has 1 amide bonds. The Hall–Kier alpha value is -3.26. The largest absolute Gasteiger partial charge is 0.378 e. The number of pyridine rings is 2. The lowest BCUT2D eigenvalue weighted by Crippen LogP contribution is -2.55. The van der Waals surface area contributed by atoms with Crippen LogP contribution >= 0.6 is 0 Å². The highest BCUT2D eigenvalue weighted by atomic mass is 16.5.